The zero-order valence-electron chi connectivity index (χ0n) is 13.1. The summed E-state index contributed by atoms with van der Waals surface area (Å²) in [5.41, 5.74) is 3.29. The van der Waals surface area contributed by atoms with Crippen molar-refractivity contribution in [1.29, 1.82) is 5.26 Å². The molecule has 1 heterocycles. The number of rotatable bonds is 4. The van der Waals surface area contributed by atoms with Crippen molar-refractivity contribution < 1.29 is 0 Å². The molecule has 2 aromatic carbocycles. The minimum atomic E-state index is 0.184. The van der Waals surface area contributed by atoms with Crippen LogP contribution in [-0.4, -0.2) is 10.2 Å². The molecule has 0 aliphatic heterocycles. The van der Waals surface area contributed by atoms with E-state index >= 15 is 0 Å². The van der Waals surface area contributed by atoms with E-state index in [1.807, 2.05) is 50.2 Å². The number of nitriles is 1. The molecular weight excluding hydrogens is 270 g/mol. The first-order chi connectivity index (χ1) is 10.9. The first-order valence-electron chi connectivity index (χ1n) is 7.75. The van der Waals surface area contributed by atoms with Crippen LogP contribution in [-0.2, 0) is 0 Å². The lowest BCUT2D eigenvalue weighted by atomic mass is 9.90. The quantitative estimate of drug-likeness (QED) is 0.733. The summed E-state index contributed by atoms with van der Waals surface area (Å²) in [6, 6.07) is 20.6. The van der Waals surface area contributed by atoms with Gasteiger partial charge in [0.15, 0.2) is 0 Å². The third kappa shape index (κ3) is 3.35. The smallest absolute Gasteiger partial charge is 0.0923 e. The van der Waals surface area contributed by atoms with E-state index in [0.717, 1.165) is 23.0 Å². The number of fused-ring (bicyclic) bond motifs is 1. The van der Waals surface area contributed by atoms with Crippen molar-refractivity contribution in [3.63, 3.8) is 0 Å². The fourth-order valence-corrected chi connectivity index (χ4v) is 2.62. The van der Waals surface area contributed by atoms with Crippen LogP contribution in [0.15, 0.2) is 54.6 Å². The summed E-state index contributed by atoms with van der Waals surface area (Å²) in [7, 11) is 0. The van der Waals surface area contributed by atoms with E-state index in [2.05, 4.69) is 34.5 Å². The summed E-state index contributed by atoms with van der Waals surface area (Å²) < 4.78 is 0. The van der Waals surface area contributed by atoms with Gasteiger partial charge >= 0.3 is 0 Å². The minimum absolute atomic E-state index is 0.184. The topological polar surface area (TPSA) is 52.5 Å². The highest BCUT2D eigenvalue weighted by atomic mass is 15.1. The molecule has 1 N–H and O–H groups in total. The van der Waals surface area contributed by atoms with Crippen LogP contribution in [0.25, 0.3) is 10.9 Å². The van der Waals surface area contributed by atoms with Crippen LogP contribution < -0.4 is 0 Å². The molecule has 0 aliphatic carbocycles. The molecule has 1 unspecified atom stereocenters. The Balaban J connectivity index is 0.000000847. The van der Waals surface area contributed by atoms with Gasteiger partial charge in [-0.15, -0.1) is 0 Å². The van der Waals surface area contributed by atoms with Gasteiger partial charge in [0.25, 0.3) is 0 Å². The van der Waals surface area contributed by atoms with Gasteiger partial charge in [0.2, 0.25) is 0 Å². The Morgan fingerprint density at radius 3 is 2.45 bits per heavy atom. The van der Waals surface area contributed by atoms with E-state index in [4.69, 9.17) is 5.26 Å². The molecule has 1 atom stereocenters. The first kappa shape index (κ1) is 15.8. The van der Waals surface area contributed by atoms with E-state index in [9.17, 15) is 0 Å². The summed E-state index contributed by atoms with van der Waals surface area (Å²) in [5.74, 6) is 0.184. The Hall–Kier alpha value is -2.60. The number of hydrogen-bond donors (Lipinski definition) is 1. The average Bonchev–Trinajstić information content (AvgIpc) is 3.02. The monoisotopic (exact) mass is 291 g/mol. The van der Waals surface area contributed by atoms with Gasteiger partial charge in [0, 0.05) is 17.7 Å². The molecule has 0 saturated carbocycles. The van der Waals surface area contributed by atoms with Crippen molar-refractivity contribution in [1.82, 2.24) is 10.2 Å². The van der Waals surface area contributed by atoms with Gasteiger partial charge in [-0.1, -0.05) is 62.4 Å². The van der Waals surface area contributed by atoms with Crippen LogP contribution in [0.1, 0.15) is 43.9 Å². The number of hydrogen-bond acceptors (Lipinski definition) is 2. The van der Waals surface area contributed by atoms with Gasteiger partial charge < -0.3 is 0 Å². The van der Waals surface area contributed by atoms with Crippen molar-refractivity contribution >= 4 is 10.9 Å². The fourth-order valence-electron chi connectivity index (χ4n) is 2.62. The Bertz CT molecular complexity index is 738. The van der Waals surface area contributed by atoms with E-state index < -0.39 is 0 Å². The number of aromatic nitrogens is 2. The third-order valence-corrected chi connectivity index (χ3v) is 3.59. The maximum Gasteiger partial charge on any atom is 0.0923 e. The first-order valence-corrected chi connectivity index (χ1v) is 7.75. The molecule has 0 fully saturated rings. The van der Waals surface area contributed by atoms with Crippen LogP contribution in [0.3, 0.4) is 0 Å². The van der Waals surface area contributed by atoms with Gasteiger partial charge in [-0.3, -0.25) is 5.10 Å². The van der Waals surface area contributed by atoms with Crippen molar-refractivity contribution in [3.05, 3.63) is 65.9 Å². The van der Waals surface area contributed by atoms with Crippen LogP contribution in [0.4, 0.5) is 0 Å². The molecule has 0 radical (unpaired) electrons. The number of benzene rings is 2. The molecule has 0 saturated heterocycles. The molecule has 0 aliphatic rings. The fraction of sp³-hybridized carbons (Fsp3) is 0.263. The predicted octanol–water partition coefficient (Wildman–Crippen LogP) is 5.02. The van der Waals surface area contributed by atoms with Crippen molar-refractivity contribution in [3.8, 4) is 6.07 Å². The molecule has 3 nitrogen and oxygen atoms in total. The van der Waals surface area contributed by atoms with E-state index in [1.54, 1.807) is 0 Å². The maximum atomic E-state index is 8.90. The second-order valence-electron chi connectivity index (χ2n) is 4.81. The average molecular weight is 291 g/mol. The summed E-state index contributed by atoms with van der Waals surface area (Å²) >= 11 is 0. The highest BCUT2D eigenvalue weighted by Gasteiger charge is 2.18. The van der Waals surface area contributed by atoms with E-state index in [-0.39, 0.29) is 5.92 Å². The highest BCUT2D eigenvalue weighted by molar-refractivity contribution is 5.82. The highest BCUT2D eigenvalue weighted by Crippen LogP contribution is 2.32. The van der Waals surface area contributed by atoms with Gasteiger partial charge in [-0.05, 0) is 18.1 Å². The maximum absolute atomic E-state index is 8.90. The third-order valence-electron chi connectivity index (χ3n) is 3.59. The number of nitrogens with one attached hydrogen (secondary N) is 1. The predicted molar refractivity (Wildman–Crippen MR) is 90.6 cm³/mol. The van der Waals surface area contributed by atoms with E-state index in [1.165, 1.54) is 5.56 Å². The largest absolute Gasteiger partial charge is 0.281 e. The Labute approximate surface area is 131 Å². The Kier molecular flexibility index (Phi) is 5.73. The standard InChI is InChI=1S/C17H15N3.C2H6/c18-12-6-10-14(13-7-2-1-3-8-13)17-15-9-4-5-11-16(15)19-20-17;1-2/h1-5,7-9,11,14H,6,10H2,(H,19,20);1-2H3. The SMILES string of the molecule is CC.N#CCCC(c1ccccc1)c1[nH]nc2ccccc12. The number of nitrogens with zero attached hydrogens (tertiary/aromatic N) is 2. The van der Waals surface area contributed by atoms with Crippen LogP contribution in [0.2, 0.25) is 0 Å². The molecule has 1 aromatic heterocycles. The molecule has 3 heteroatoms. The second kappa shape index (κ2) is 7.99. The summed E-state index contributed by atoms with van der Waals surface area (Å²) in [5, 5.41) is 17.6. The molecule has 22 heavy (non-hydrogen) atoms. The van der Waals surface area contributed by atoms with Crippen LogP contribution in [0, 0.1) is 11.3 Å². The minimum Gasteiger partial charge on any atom is -0.281 e. The lowest BCUT2D eigenvalue weighted by Crippen LogP contribution is -2.02. The van der Waals surface area contributed by atoms with Crippen molar-refractivity contribution in [2.45, 2.75) is 32.6 Å². The number of H-pyrrole nitrogens is 1. The zero-order valence-corrected chi connectivity index (χ0v) is 13.1. The lowest BCUT2D eigenvalue weighted by Gasteiger charge is -2.15. The molecule has 112 valence electrons. The van der Waals surface area contributed by atoms with E-state index in [0.29, 0.717) is 6.42 Å². The number of aromatic amines is 1. The molecule has 3 rings (SSSR count). The molecule has 0 spiro atoms. The van der Waals surface area contributed by atoms with Gasteiger partial charge in [-0.2, -0.15) is 10.4 Å². The van der Waals surface area contributed by atoms with Gasteiger partial charge in [0.1, 0.15) is 0 Å². The molecular formula is C19H21N3. The Morgan fingerprint density at radius 2 is 1.73 bits per heavy atom. The lowest BCUT2D eigenvalue weighted by molar-refractivity contribution is 0.712. The van der Waals surface area contributed by atoms with Crippen molar-refractivity contribution in [2.75, 3.05) is 0 Å². The normalized spacial score (nSPS) is 11.3. The van der Waals surface area contributed by atoms with Gasteiger partial charge in [0.05, 0.1) is 17.3 Å². The van der Waals surface area contributed by atoms with Crippen LogP contribution >= 0.6 is 0 Å². The second-order valence-corrected chi connectivity index (χ2v) is 4.81. The van der Waals surface area contributed by atoms with Gasteiger partial charge in [-0.25, -0.2) is 0 Å². The summed E-state index contributed by atoms with van der Waals surface area (Å²) in [4.78, 5) is 0. The number of para-hydroxylation sites is 1. The van der Waals surface area contributed by atoms with Crippen molar-refractivity contribution in [2.24, 2.45) is 0 Å². The Morgan fingerprint density at radius 1 is 1.05 bits per heavy atom. The molecule has 0 bridgehead atoms. The summed E-state index contributed by atoms with van der Waals surface area (Å²) in [6.45, 7) is 4.00. The zero-order chi connectivity index (χ0) is 15.8. The summed E-state index contributed by atoms with van der Waals surface area (Å²) in [6.07, 6.45) is 1.33. The molecule has 3 aromatic rings. The van der Waals surface area contributed by atoms with Crippen LogP contribution in [0.5, 0.6) is 0 Å². The molecule has 0 amide bonds.